The molecule has 0 amide bonds. The second-order valence-electron chi connectivity index (χ2n) is 3.75. The molecule has 0 N–H and O–H groups in total. The van der Waals surface area contributed by atoms with Gasteiger partial charge in [-0.25, -0.2) is 0 Å². The van der Waals surface area contributed by atoms with Gasteiger partial charge in [0.2, 0.25) is 0 Å². The molecule has 1 aliphatic rings. The Morgan fingerprint density at radius 3 is 3.13 bits per heavy atom. The lowest BCUT2D eigenvalue weighted by Gasteiger charge is -2.20. The van der Waals surface area contributed by atoms with Crippen molar-refractivity contribution in [1.82, 2.24) is 0 Å². The Labute approximate surface area is 102 Å². The summed E-state index contributed by atoms with van der Waals surface area (Å²) in [4.78, 5) is 13.1. The molecule has 0 saturated carbocycles. The summed E-state index contributed by atoms with van der Waals surface area (Å²) in [5.74, 6) is 0.436. The zero-order valence-electron chi connectivity index (χ0n) is 8.37. The minimum Gasteiger partial charge on any atom is -0.381 e. The van der Waals surface area contributed by atoms with Gasteiger partial charge in [0.25, 0.3) is 0 Å². The van der Waals surface area contributed by atoms with Crippen molar-refractivity contribution >= 4 is 33.0 Å². The number of hydrogen-bond acceptors (Lipinski definition) is 3. The molecule has 15 heavy (non-hydrogen) atoms. The molecule has 1 atom stereocenters. The molecule has 1 aromatic heterocycles. The fourth-order valence-electron chi connectivity index (χ4n) is 1.75. The molecule has 4 heteroatoms. The van der Waals surface area contributed by atoms with E-state index in [0.29, 0.717) is 18.8 Å². The topological polar surface area (TPSA) is 26.3 Å². The van der Waals surface area contributed by atoms with Crippen LogP contribution in [0, 0.1) is 5.92 Å². The smallest absolute Gasteiger partial charge is 0.143 e. The van der Waals surface area contributed by atoms with Crippen LogP contribution in [-0.2, 0) is 16.0 Å². The molecule has 0 aromatic carbocycles. The lowest BCUT2D eigenvalue weighted by atomic mass is 9.95. The Balaban J connectivity index is 1.94. The summed E-state index contributed by atoms with van der Waals surface area (Å²) >= 11 is 5.08. The minimum absolute atomic E-state index is 0.118. The van der Waals surface area contributed by atoms with Crippen molar-refractivity contribution in [2.24, 2.45) is 5.92 Å². The Hall–Kier alpha value is -0.190. The first kappa shape index (κ1) is 11.3. The quantitative estimate of drug-likeness (QED) is 0.855. The van der Waals surface area contributed by atoms with Gasteiger partial charge >= 0.3 is 0 Å². The number of thiophene rings is 1. The van der Waals surface area contributed by atoms with E-state index in [2.05, 4.69) is 15.9 Å². The van der Waals surface area contributed by atoms with Crippen molar-refractivity contribution in [3.63, 3.8) is 0 Å². The van der Waals surface area contributed by atoms with Gasteiger partial charge in [0, 0.05) is 28.3 Å². The lowest BCUT2D eigenvalue weighted by molar-refractivity contribution is -0.126. The number of Topliss-reactive ketones (excluding diaryl/α,β-unsaturated/α-hetero) is 1. The summed E-state index contributed by atoms with van der Waals surface area (Å²) in [7, 11) is 0. The second kappa shape index (κ2) is 5.23. The largest absolute Gasteiger partial charge is 0.381 e. The van der Waals surface area contributed by atoms with E-state index in [1.54, 1.807) is 11.3 Å². The maximum Gasteiger partial charge on any atom is 0.143 e. The van der Waals surface area contributed by atoms with Crippen molar-refractivity contribution in [2.45, 2.75) is 19.3 Å². The average molecular weight is 289 g/mol. The first-order valence-electron chi connectivity index (χ1n) is 5.09. The van der Waals surface area contributed by atoms with E-state index in [1.165, 1.54) is 0 Å². The highest BCUT2D eigenvalue weighted by Gasteiger charge is 2.22. The van der Waals surface area contributed by atoms with E-state index >= 15 is 0 Å². The zero-order chi connectivity index (χ0) is 10.7. The molecule has 1 fully saturated rings. The molecule has 0 spiro atoms. The SMILES string of the molecule is O=C(Cc1sccc1Br)C1CCCOC1. The summed E-state index contributed by atoms with van der Waals surface area (Å²) in [5.41, 5.74) is 0. The number of ketones is 1. The van der Waals surface area contributed by atoms with E-state index in [-0.39, 0.29) is 5.92 Å². The molecule has 0 aliphatic carbocycles. The minimum atomic E-state index is 0.118. The highest BCUT2D eigenvalue weighted by atomic mass is 79.9. The Morgan fingerprint density at radius 2 is 2.53 bits per heavy atom. The molecule has 82 valence electrons. The fraction of sp³-hybridized carbons (Fsp3) is 0.545. The third kappa shape index (κ3) is 2.89. The number of carbonyl (C=O) groups is 1. The van der Waals surface area contributed by atoms with Crippen molar-refractivity contribution in [1.29, 1.82) is 0 Å². The third-order valence-corrected chi connectivity index (χ3v) is 4.57. The molecular formula is C11H13BrO2S. The average Bonchev–Trinajstić information content (AvgIpc) is 2.66. The molecule has 1 unspecified atom stereocenters. The maximum atomic E-state index is 11.9. The van der Waals surface area contributed by atoms with Crippen molar-refractivity contribution in [2.75, 3.05) is 13.2 Å². The molecule has 1 aromatic rings. The lowest BCUT2D eigenvalue weighted by Crippen LogP contribution is -2.26. The predicted octanol–water partition coefficient (Wildman–Crippen LogP) is 3.05. The molecule has 1 saturated heterocycles. The molecule has 2 heterocycles. The van der Waals surface area contributed by atoms with Crippen LogP contribution >= 0.6 is 27.3 Å². The van der Waals surface area contributed by atoms with Gasteiger partial charge in [0.1, 0.15) is 5.78 Å². The van der Waals surface area contributed by atoms with Gasteiger partial charge in [-0.05, 0) is 40.2 Å². The number of ether oxygens (including phenoxy) is 1. The van der Waals surface area contributed by atoms with E-state index in [4.69, 9.17) is 4.74 Å². The van der Waals surface area contributed by atoms with E-state index in [1.807, 2.05) is 11.4 Å². The monoisotopic (exact) mass is 288 g/mol. The molecular weight excluding hydrogens is 276 g/mol. The van der Waals surface area contributed by atoms with Crippen LogP contribution in [0.2, 0.25) is 0 Å². The summed E-state index contributed by atoms with van der Waals surface area (Å²) in [5, 5.41) is 2.00. The van der Waals surface area contributed by atoms with Gasteiger partial charge in [-0.2, -0.15) is 0 Å². The highest BCUT2D eigenvalue weighted by Crippen LogP contribution is 2.25. The number of rotatable bonds is 3. The van der Waals surface area contributed by atoms with Crippen molar-refractivity contribution in [3.05, 3.63) is 20.8 Å². The Bertz CT molecular complexity index is 342. The summed E-state index contributed by atoms with van der Waals surface area (Å²) < 4.78 is 6.38. The van der Waals surface area contributed by atoms with E-state index in [0.717, 1.165) is 28.8 Å². The van der Waals surface area contributed by atoms with Crippen molar-refractivity contribution < 1.29 is 9.53 Å². The molecule has 0 radical (unpaired) electrons. The molecule has 1 aliphatic heterocycles. The first-order chi connectivity index (χ1) is 7.27. The molecule has 2 nitrogen and oxygen atoms in total. The van der Waals surface area contributed by atoms with Gasteiger partial charge < -0.3 is 4.74 Å². The van der Waals surface area contributed by atoms with Crippen LogP contribution in [0.1, 0.15) is 17.7 Å². The van der Waals surface area contributed by atoms with Crippen LogP contribution in [-0.4, -0.2) is 19.0 Å². The predicted molar refractivity (Wildman–Crippen MR) is 64.3 cm³/mol. The van der Waals surface area contributed by atoms with Gasteiger partial charge in [-0.15, -0.1) is 11.3 Å². The standard InChI is InChI=1S/C11H13BrO2S/c12-9-3-5-15-11(9)6-10(13)8-2-1-4-14-7-8/h3,5,8H,1-2,4,6-7H2. The summed E-state index contributed by atoms with van der Waals surface area (Å²) in [6.07, 6.45) is 2.55. The normalized spacial score (nSPS) is 21.5. The number of halogens is 1. The molecule has 2 rings (SSSR count). The summed E-state index contributed by atoms with van der Waals surface area (Å²) in [6.45, 7) is 1.42. The van der Waals surface area contributed by atoms with Crippen LogP contribution in [0.4, 0.5) is 0 Å². The Morgan fingerprint density at radius 1 is 1.67 bits per heavy atom. The van der Waals surface area contributed by atoms with Crippen molar-refractivity contribution in [3.8, 4) is 0 Å². The van der Waals surface area contributed by atoms with E-state index in [9.17, 15) is 4.79 Å². The number of hydrogen-bond donors (Lipinski definition) is 0. The van der Waals surface area contributed by atoms with Crippen LogP contribution in [0.5, 0.6) is 0 Å². The zero-order valence-corrected chi connectivity index (χ0v) is 10.8. The van der Waals surface area contributed by atoms with E-state index < -0.39 is 0 Å². The third-order valence-electron chi connectivity index (χ3n) is 2.64. The fourth-order valence-corrected chi connectivity index (χ4v) is 3.25. The van der Waals surface area contributed by atoms with Gasteiger partial charge in [0.05, 0.1) is 6.61 Å². The highest BCUT2D eigenvalue weighted by molar-refractivity contribution is 9.10. The Kier molecular flexibility index (Phi) is 3.94. The maximum absolute atomic E-state index is 11.9. The van der Waals surface area contributed by atoms with Gasteiger partial charge in [0.15, 0.2) is 0 Å². The first-order valence-corrected chi connectivity index (χ1v) is 6.77. The van der Waals surface area contributed by atoms with Crippen LogP contribution < -0.4 is 0 Å². The van der Waals surface area contributed by atoms with Gasteiger partial charge in [-0.1, -0.05) is 0 Å². The second-order valence-corrected chi connectivity index (χ2v) is 5.60. The van der Waals surface area contributed by atoms with Crippen LogP contribution in [0.15, 0.2) is 15.9 Å². The summed E-state index contributed by atoms with van der Waals surface area (Å²) in [6, 6.07) is 1.99. The van der Waals surface area contributed by atoms with Gasteiger partial charge in [-0.3, -0.25) is 4.79 Å². The number of carbonyl (C=O) groups excluding carboxylic acids is 1. The molecule has 0 bridgehead atoms. The van der Waals surface area contributed by atoms with Crippen LogP contribution in [0.25, 0.3) is 0 Å². The van der Waals surface area contributed by atoms with Crippen LogP contribution in [0.3, 0.4) is 0 Å².